The highest BCUT2D eigenvalue weighted by Gasteiger charge is 2.17. The number of anilines is 2. The van der Waals surface area contributed by atoms with Crippen LogP contribution in [0.2, 0.25) is 0 Å². The topological polar surface area (TPSA) is 183 Å². The summed E-state index contributed by atoms with van der Waals surface area (Å²) < 4.78 is 65.8. The van der Waals surface area contributed by atoms with Crippen molar-refractivity contribution in [2.75, 3.05) is 64.5 Å². The lowest BCUT2D eigenvalue weighted by molar-refractivity contribution is -0.112. The van der Waals surface area contributed by atoms with Crippen LogP contribution in [0.1, 0.15) is 97.4 Å². The number of nitrogens with one attached hydrogen (secondary N) is 2. The summed E-state index contributed by atoms with van der Waals surface area (Å²) in [5.74, 6) is 2.97. The van der Waals surface area contributed by atoms with Crippen LogP contribution in [0.4, 0.5) is 11.4 Å². The molecule has 6 aromatic carbocycles. The number of rotatable bonds is 35. The van der Waals surface area contributed by atoms with Gasteiger partial charge in [-0.25, -0.2) is 9.97 Å². The van der Waals surface area contributed by atoms with Crippen LogP contribution < -0.4 is 29.6 Å². The number of nitrogens with zero attached hydrogens (tertiary/aromatic N) is 4. The second-order valence-electron chi connectivity index (χ2n) is 21.8. The Labute approximate surface area is 535 Å². The Kier molecular flexibility index (Phi) is 25.9. The van der Waals surface area contributed by atoms with Gasteiger partial charge < -0.3 is 48.2 Å². The molecule has 0 aliphatic heterocycles. The predicted molar refractivity (Wildman–Crippen MR) is 360 cm³/mol. The molecule has 90 heavy (non-hydrogen) atoms. The molecule has 2 amide bonds. The third-order valence-corrected chi connectivity index (χ3v) is 17.9. The molecule has 0 saturated heterocycles. The highest BCUT2D eigenvalue weighted by molar-refractivity contribution is 7.84. The fourth-order valence-corrected chi connectivity index (χ4v) is 12.8. The molecule has 8 rings (SSSR count). The third-order valence-electron chi connectivity index (χ3n) is 15.2. The van der Waals surface area contributed by atoms with Crippen LogP contribution in [0.25, 0.3) is 34.4 Å². The van der Waals surface area contributed by atoms with Crippen LogP contribution >= 0.6 is 0 Å². The molecule has 18 heteroatoms. The minimum Gasteiger partial charge on any atom is -0.496 e. The summed E-state index contributed by atoms with van der Waals surface area (Å²) in [6, 6.07) is 38.2. The number of imidazole rings is 2. The second-order valence-corrected chi connectivity index (χ2v) is 24.7. The van der Waals surface area contributed by atoms with Crippen LogP contribution in [-0.2, 0) is 65.3 Å². The summed E-state index contributed by atoms with van der Waals surface area (Å²) >= 11 is 0. The minimum absolute atomic E-state index is 0.304. The summed E-state index contributed by atoms with van der Waals surface area (Å²) in [5, 5.41) is 5.83. The number of amides is 2. The van der Waals surface area contributed by atoms with Crippen molar-refractivity contribution in [1.29, 1.82) is 0 Å². The highest BCUT2D eigenvalue weighted by Crippen LogP contribution is 2.34. The Balaban J connectivity index is 0.713. The van der Waals surface area contributed by atoms with Gasteiger partial charge in [0.2, 0.25) is 11.8 Å². The Morgan fingerprint density at radius 3 is 1.38 bits per heavy atom. The summed E-state index contributed by atoms with van der Waals surface area (Å²) in [6.07, 6.45) is 16.1. The molecule has 0 unspecified atom stereocenters. The molecular formula is C72H84N6O10S2. The average molecular weight is 1260 g/mol. The number of benzene rings is 6. The van der Waals surface area contributed by atoms with E-state index in [2.05, 4.69) is 44.2 Å². The number of aromatic nitrogens is 4. The van der Waals surface area contributed by atoms with Crippen LogP contribution in [0.3, 0.4) is 0 Å². The van der Waals surface area contributed by atoms with E-state index in [1.54, 1.807) is 81.2 Å². The van der Waals surface area contributed by atoms with Crippen LogP contribution in [0.15, 0.2) is 156 Å². The number of methoxy groups -OCH3 is 2. The maximum absolute atomic E-state index is 13.7. The number of hydrogen-bond acceptors (Lipinski definition) is 12. The summed E-state index contributed by atoms with van der Waals surface area (Å²) in [5.41, 5.74) is 12.2. The second kappa shape index (κ2) is 34.5. The number of unbranched alkanes of at least 4 members (excludes halogenated alkanes) is 4. The zero-order valence-electron chi connectivity index (χ0n) is 53.0. The molecule has 0 aliphatic carbocycles. The van der Waals surface area contributed by atoms with Gasteiger partial charge >= 0.3 is 0 Å². The maximum Gasteiger partial charge on any atom is 0.248 e. The van der Waals surface area contributed by atoms with E-state index < -0.39 is 21.6 Å². The molecule has 0 saturated carbocycles. The van der Waals surface area contributed by atoms with Crippen LogP contribution in [0.5, 0.6) is 23.0 Å². The molecular weight excluding hydrogens is 1170 g/mol. The van der Waals surface area contributed by atoms with Gasteiger partial charge in [0.15, 0.2) is 0 Å². The monoisotopic (exact) mass is 1260 g/mol. The van der Waals surface area contributed by atoms with Gasteiger partial charge in [-0.1, -0.05) is 50.5 Å². The molecule has 16 nitrogen and oxygen atoms in total. The lowest BCUT2D eigenvalue weighted by Crippen LogP contribution is -2.09. The zero-order chi connectivity index (χ0) is 63.8. The highest BCUT2D eigenvalue weighted by atomic mass is 32.2. The van der Waals surface area contributed by atoms with Gasteiger partial charge in [0.25, 0.3) is 0 Å². The van der Waals surface area contributed by atoms with Crippen molar-refractivity contribution in [3.63, 3.8) is 0 Å². The van der Waals surface area contributed by atoms with E-state index in [1.165, 1.54) is 12.2 Å². The molecule has 2 aromatic heterocycles. The Hall–Kier alpha value is -8.42. The lowest BCUT2D eigenvalue weighted by Gasteiger charge is -2.13. The first-order valence-electron chi connectivity index (χ1n) is 30.7. The van der Waals surface area contributed by atoms with Crippen molar-refractivity contribution in [3.8, 4) is 45.3 Å². The van der Waals surface area contributed by atoms with Gasteiger partial charge in [-0.15, -0.1) is 0 Å². The number of carbonyl (C=O) groups excluding carboxylic acids is 2. The van der Waals surface area contributed by atoms with E-state index in [4.69, 9.17) is 28.4 Å². The van der Waals surface area contributed by atoms with Crippen molar-refractivity contribution < 1.29 is 46.4 Å². The van der Waals surface area contributed by atoms with Crippen molar-refractivity contribution in [1.82, 2.24) is 19.1 Å². The lowest BCUT2D eigenvalue weighted by atomic mass is 9.98. The van der Waals surface area contributed by atoms with Crippen molar-refractivity contribution in [2.24, 2.45) is 0 Å². The largest absolute Gasteiger partial charge is 0.496 e. The van der Waals surface area contributed by atoms with Crippen LogP contribution in [0, 0.1) is 27.7 Å². The molecule has 0 bridgehead atoms. The number of carbonyl (C=O) groups is 2. The molecule has 8 aromatic rings. The Bertz CT molecular complexity index is 3750. The molecule has 0 fully saturated rings. The van der Waals surface area contributed by atoms with E-state index in [0.29, 0.717) is 77.2 Å². The Morgan fingerprint density at radius 1 is 0.500 bits per heavy atom. The van der Waals surface area contributed by atoms with Gasteiger partial charge in [0, 0.05) is 70.7 Å². The maximum atomic E-state index is 13.7. The van der Waals surface area contributed by atoms with Gasteiger partial charge in [-0.3, -0.25) is 18.0 Å². The number of aryl methyl sites for hydroxylation is 6. The molecule has 2 atom stereocenters. The van der Waals surface area contributed by atoms with Gasteiger partial charge in [-0.05, 0) is 196 Å². The summed E-state index contributed by atoms with van der Waals surface area (Å²) in [7, 11) is 0.658. The average Bonchev–Trinajstić information content (AvgIpc) is 1.26. The van der Waals surface area contributed by atoms with Crippen LogP contribution in [-0.4, -0.2) is 93.2 Å². The number of ether oxygens (including phenoxy) is 6. The SMILES string of the molecule is CCCCOCCOc1ccc(-c2cc(C)c(OC)c(/C=C/C(=O)Nc3ccc([S@](=O)Cc4c(C)ncn4CCCCCCOCCOc4ccc(-c5cc(C)c(OC)c(/C=C/C(=O)Nc6ccc([S@@](=O)Cc7c(C)ncn7CC)cc6)c5)cc4)cc3)c2)cc1. The first-order chi connectivity index (χ1) is 43.7. The third kappa shape index (κ3) is 19.5. The molecule has 2 N–H and O–H groups in total. The first kappa shape index (κ1) is 67.5. The molecule has 2 heterocycles. The molecule has 474 valence electrons. The summed E-state index contributed by atoms with van der Waals surface area (Å²) in [6.45, 7) is 16.9. The molecule has 0 aliphatic rings. The van der Waals surface area contributed by atoms with Gasteiger partial charge in [0.05, 0.1) is 96.0 Å². The van der Waals surface area contributed by atoms with Crippen molar-refractivity contribution in [3.05, 3.63) is 191 Å². The van der Waals surface area contributed by atoms with Crippen molar-refractivity contribution in [2.45, 2.75) is 114 Å². The van der Waals surface area contributed by atoms with E-state index in [-0.39, 0.29) is 11.8 Å². The fraction of sp³-hybridized carbons (Fsp3) is 0.333. The summed E-state index contributed by atoms with van der Waals surface area (Å²) in [4.78, 5) is 36.5. The van der Waals surface area contributed by atoms with E-state index >= 15 is 0 Å². The minimum atomic E-state index is -1.33. The quantitative estimate of drug-likeness (QED) is 0.0284. The number of hydrogen-bond donors (Lipinski definition) is 2. The van der Waals surface area contributed by atoms with Crippen molar-refractivity contribution >= 4 is 56.9 Å². The van der Waals surface area contributed by atoms with Gasteiger partial charge in [-0.2, -0.15) is 0 Å². The fourth-order valence-electron chi connectivity index (χ4n) is 10.3. The molecule has 0 radical (unpaired) electrons. The zero-order valence-corrected chi connectivity index (χ0v) is 54.6. The first-order valence-corrected chi connectivity index (χ1v) is 33.3. The standard InChI is InChI=1S/C72H84N6O10S2/c1-9-11-37-85-39-41-87-63-26-16-55(17-27-63)59-43-51(3)71(83-7)58(45-59)21-35-70(80)76-62-24-32-66(33-25-62)90(82)48-68-54(6)74-50-78(68)36-14-12-13-15-38-86-40-42-88-64-28-18-56(19-29-64)60-44-52(4)72(84-8)57(46-60)20-34-69(79)75-61-22-30-65(31-23-61)89(81)47-67-53(5)73-49-77(67)10-2/h16-35,43-46,49-50H,9-15,36-42,47-48H2,1-8H3,(H,75,79)(H,76,80)/b34-20+,35-21+/t89-,90+/m0/s1. The Morgan fingerprint density at radius 2 is 0.933 bits per heavy atom. The smallest absolute Gasteiger partial charge is 0.248 e. The van der Waals surface area contributed by atoms with E-state index in [9.17, 15) is 18.0 Å². The van der Waals surface area contributed by atoms with E-state index in [1.807, 2.05) is 106 Å². The molecule has 0 spiro atoms. The predicted octanol–water partition coefficient (Wildman–Crippen LogP) is 14.5. The normalized spacial score (nSPS) is 12.1. The van der Waals surface area contributed by atoms with E-state index in [0.717, 1.165) is 137 Å². The van der Waals surface area contributed by atoms with Gasteiger partial charge in [0.1, 0.15) is 36.2 Å².